The van der Waals surface area contributed by atoms with Crippen molar-refractivity contribution >= 4 is 27.5 Å². The Bertz CT molecular complexity index is 548. The first kappa shape index (κ1) is 13.5. The number of rotatable bonds is 4. The molecule has 1 aromatic heterocycles. The van der Waals surface area contributed by atoms with Gasteiger partial charge in [-0.2, -0.15) is 0 Å². The average molecular weight is 330 g/mol. The normalized spacial score (nSPS) is 10.6. The van der Waals surface area contributed by atoms with E-state index in [4.69, 9.17) is 11.6 Å². The average Bonchev–Trinajstić information content (AvgIpc) is 2.34. The highest BCUT2D eigenvalue weighted by atomic mass is 79.9. The Balaban J connectivity index is 1.90. The summed E-state index contributed by atoms with van der Waals surface area (Å²) in [4.78, 5) is 4.30. The minimum absolute atomic E-state index is 0.148. The summed E-state index contributed by atoms with van der Waals surface area (Å²) in [5.74, 6) is -0.394. The van der Waals surface area contributed by atoms with Crippen LogP contribution >= 0.6 is 27.5 Å². The minimum Gasteiger partial charge on any atom is -0.307 e. The van der Waals surface area contributed by atoms with Crippen LogP contribution in [-0.4, -0.2) is 4.98 Å². The van der Waals surface area contributed by atoms with Crippen LogP contribution < -0.4 is 5.32 Å². The van der Waals surface area contributed by atoms with Crippen LogP contribution in [0.15, 0.2) is 41.0 Å². The van der Waals surface area contributed by atoms with Crippen LogP contribution in [0, 0.1) is 5.82 Å². The molecule has 0 atom stereocenters. The van der Waals surface area contributed by atoms with Gasteiger partial charge < -0.3 is 5.32 Å². The van der Waals surface area contributed by atoms with E-state index in [0.717, 1.165) is 15.9 Å². The Hall–Kier alpha value is -0.970. The lowest BCUT2D eigenvalue weighted by atomic mass is 10.2. The molecule has 5 heteroatoms. The molecule has 0 amide bonds. The van der Waals surface area contributed by atoms with Gasteiger partial charge >= 0.3 is 0 Å². The van der Waals surface area contributed by atoms with E-state index in [1.54, 1.807) is 12.1 Å². The molecule has 0 aliphatic carbocycles. The van der Waals surface area contributed by atoms with Crippen LogP contribution in [0.3, 0.4) is 0 Å². The van der Waals surface area contributed by atoms with Crippen LogP contribution in [0.25, 0.3) is 0 Å². The lowest BCUT2D eigenvalue weighted by Gasteiger charge is -2.05. The Labute approximate surface area is 118 Å². The number of halogens is 3. The molecule has 0 fully saturated rings. The molecule has 0 aliphatic heterocycles. The van der Waals surface area contributed by atoms with Gasteiger partial charge in [0.05, 0.1) is 10.7 Å². The van der Waals surface area contributed by atoms with Crippen molar-refractivity contribution in [1.29, 1.82) is 0 Å². The Morgan fingerprint density at radius 1 is 1.22 bits per heavy atom. The van der Waals surface area contributed by atoms with Gasteiger partial charge in [0.25, 0.3) is 0 Å². The molecule has 0 bridgehead atoms. The molecular weight excluding hydrogens is 319 g/mol. The predicted molar refractivity (Wildman–Crippen MR) is 73.9 cm³/mol. The molecule has 1 heterocycles. The third-order valence-electron chi connectivity index (χ3n) is 2.39. The van der Waals surface area contributed by atoms with Gasteiger partial charge in [0.1, 0.15) is 10.4 Å². The lowest BCUT2D eigenvalue weighted by molar-refractivity contribution is 0.625. The zero-order valence-corrected chi connectivity index (χ0v) is 11.8. The maximum absolute atomic E-state index is 13.0. The summed E-state index contributed by atoms with van der Waals surface area (Å²) in [5.41, 5.74) is 1.88. The van der Waals surface area contributed by atoms with Gasteiger partial charge in [-0.05, 0) is 45.8 Å². The SMILES string of the molecule is Fc1ccc(CNCc2cccc(Br)n2)cc1Cl. The molecule has 2 aromatic rings. The van der Waals surface area contributed by atoms with Crippen molar-refractivity contribution in [2.75, 3.05) is 0 Å². The topological polar surface area (TPSA) is 24.9 Å². The fraction of sp³-hybridized carbons (Fsp3) is 0.154. The third-order valence-corrected chi connectivity index (χ3v) is 3.12. The molecule has 1 N–H and O–H groups in total. The Kier molecular flexibility index (Phi) is 4.69. The molecule has 0 saturated heterocycles. The second-order valence-corrected chi connectivity index (χ2v) is 5.02. The fourth-order valence-corrected chi connectivity index (χ4v) is 2.12. The maximum atomic E-state index is 13.0. The summed E-state index contributed by atoms with van der Waals surface area (Å²) in [6, 6.07) is 10.5. The number of nitrogens with zero attached hydrogens (tertiary/aromatic N) is 1. The molecule has 0 spiro atoms. The fourth-order valence-electron chi connectivity index (χ4n) is 1.53. The monoisotopic (exact) mass is 328 g/mol. The van der Waals surface area contributed by atoms with Crippen molar-refractivity contribution in [3.63, 3.8) is 0 Å². The highest BCUT2D eigenvalue weighted by molar-refractivity contribution is 9.10. The van der Waals surface area contributed by atoms with Gasteiger partial charge in [0.15, 0.2) is 0 Å². The zero-order chi connectivity index (χ0) is 13.0. The molecular formula is C13H11BrClFN2. The van der Waals surface area contributed by atoms with Crippen molar-refractivity contribution in [2.24, 2.45) is 0 Å². The number of hydrogen-bond donors (Lipinski definition) is 1. The molecule has 2 rings (SSSR count). The van der Waals surface area contributed by atoms with E-state index in [-0.39, 0.29) is 5.02 Å². The summed E-state index contributed by atoms with van der Waals surface area (Å²) in [6.07, 6.45) is 0. The molecule has 1 aromatic carbocycles. The van der Waals surface area contributed by atoms with Crippen molar-refractivity contribution < 1.29 is 4.39 Å². The largest absolute Gasteiger partial charge is 0.307 e. The third kappa shape index (κ3) is 3.77. The quantitative estimate of drug-likeness (QED) is 0.860. The van der Waals surface area contributed by atoms with Gasteiger partial charge in [0.2, 0.25) is 0 Å². The first-order valence-electron chi connectivity index (χ1n) is 5.41. The number of pyridine rings is 1. The summed E-state index contributed by atoms with van der Waals surface area (Å²) in [5, 5.41) is 3.38. The molecule has 0 radical (unpaired) electrons. The molecule has 0 unspecified atom stereocenters. The van der Waals surface area contributed by atoms with E-state index >= 15 is 0 Å². The smallest absolute Gasteiger partial charge is 0.141 e. The second kappa shape index (κ2) is 6.27. The van der Waals surface area contributed by atoms with Gasteiger partial charge in [-0.25, -0.2) is 9.37 Å². The van der Waals surface area contributed by atoms with Gasteiger partial charge in [-0.15, -0.1) is 0 Å². The highest BCUT2D eigenvalue weighted by Crippen LogP contribution is 2.15. The summed E-state index contributed by atoms with van der Waals surface area (Å²) < 4.78 is 13.8. The van der Waals surface area contributed by atoms with Crippen LogP contribution in [0.2, 0.25) is 5.02 Å². The van der Waals surface area contributed by atoms with E-state index in [1.165, 1.54) is 6.07 Å². The number of aromatic nitrogens is 1. The van der Waals surface area contributed by atoms with Crippen LogP contribution in [-0.2, 0) is 13.1 Å². The van der Waals surface area contributed by atoms with Crippen molar-refractivity contribution in [3.05, 3.63) is 63.1 Å². The van der Waals surface area contributed by atoms with E-state index < -0.39 is 5.82 Å². The Morgan fingerprint density at radius 2 is 2.06 bits per heavy atom. The summed E-state index contributed by atoms with van der Waals surface area (Å²) in [7, 11) is 0. The van der Waals surface area contributed by atoms with Crippen molar-refractivity contribution in [2.45, 2.75) is 13.1 Å². The van der Waals surface area contributed by atoms with Crippen LogP contribution in [0.4, 0.5) is 4.39 Å². The first-order chi connectivity index (χ1) is 8.65. The first-order valence-corrected chi connectivity index (χ1v) is 6.58. The van der Waals surface area contributed by atoms with Gasteiger partial charge in [-0.1, -0.05) is 23.7 Å². The number of nitrogens with one attached hydrogen (secondary N) is 1. The predicted octanol–water partition coefficient (Wildman–Crippen LogP) is 3.93. The molecule has 2 nitrogen and oxygen atoms in total. The standard InChI is InChI=1S/C13H11BrClFN2/c14-13-3-1-2-10(18-13)8-17-7-9-4-5-12(16)11(15)6-9/h1-6,17H,7-8H2. The Morgan fingerprint density at radius 3 is 2.78 bits per heavy atom. The zero-order valence-electron chi connectivity index (χ0n) is 9.46. The summed E-state index contributed by atoms with van der Waals surface area (Å²) >= 11 is 9.03. The van der Waals surface area contributed by atoms with Crippen molar-refractivity contribution in [1.82, 2.24) is 10.3 Å². The molecule has 0 aliphatic rings. The molecule has 0 saturated carbocycles. The number of benzene rings is 1. The van der Waals surface area contributed by atoms with E-state index in [0.29, 0.717) is 13.1 Å². The number of hydrogen-bond acceptors (Lipinski definition) is 2. The van der Waals surface area contributed by atoms with E-state index in [2.05, 4.69) is 26.2 Å². The van der Waals surface area contributed by atoms with Crippen LogP contribution in [0.5, 0.6) is 0 Å². The van der Waals surface area contributed by atoms with Crippen LogP contribution in [0.1, 0.15) is 11.3 Å². The van der Waals surface area contributed by atoms with Gasteiger partial charge in [0, 0.05) is 13.1 Å². The molecule has 94 valence electrons. The lowest BCUT2D eigenvalue weighted by Crippen LogP contribution is -2.13. The van der Waals surface area contributed by atoms with E-state index in [1.807, 2.05) is 18.2 Å². The maximum Gasteiger partial charge on any atom is 0.141 e. The second-order valence-electron chi connectivity index (χ2n) is 3.80. The minimum atomic E-state index is -0.394. The van der Waals surface area contributed by atoms with Gasteiger partial charge in [-0.3, -0.25) is 0 Å². The highest BCUT2D eigenvalue weighted by Gasteiger charge is 2.01. The van der Waals surface area contributed by atoms with Crippen molar-refractivity contribution in [3.8, 4) is 0 Å². The van der Waals surface area contributed by atoms with E-state index in [9.17, 15) is 4.39 Å². The molecule has 18 heavy (non-hydrogen) atoms. The summed E-state index contributed by atoms with van der Waals surface area (Å²) in [6.45, 7) is 1.27.